The SMILES string of the molecule is CCCCCCCCCCCCCCc1cccc(OC(CC)COC(=O)CCCC[N+](C)(C)Cc2ccccc2)c1. The van der Waals surface area contributed by atoms with Crippen molar-refractivity contribution in [2.45, 2.75) is 136 Å². The molecule has 0 radical (unpaired) electrons. The van der Waals surface area contributed by atoms with Crippen LogP contribution in [0.25, 0.3) is 0 Å². The summed E-state index contributed by atoms with van der Waals surface area (Å²) in [6.45, 7) is 6.72. The second-order valence-electron chi connectivity index (χ2n) is 12.9. The first-order valence-electron chi connectivity index (χ1n) is 17.2. The molecule has 0 fully saturated rings. The van der Waals surface area contributed by atoms with E-state index in [1.807, 2.05) is 6.07 Å². The summed E-state index contributed by atoms with van der Waals surface area (Å²) in [5.74, 6) is 0.763. The lowest BCUT2D eigenvalue weighted by Crippen LogP contribution is -2.39. The molecule has 2 aromatic carbocycles. The molecule has 0 heterocycles. The summed E-state index contributed by atoms with van der Waals surface area (Å²) in [5.41, 5.74) is 2.68. The van der Waals surface area contributed by atoms with Gasteiger partial charge in [-0.05, 0) is 49.8 Å². The number of carbonyl (C=O) groups is 1. The predicted molar refractivity (Wildman–Crippen MR) is 178 cm³/mol. The zero-order valence-electron chi connectivity index (χ0n) is 27.6. The van der Waals surface area contributed by atoms with Gasteiger partial charge in [0, 0.05) is 12.0 Å². The minimum atomic E-state index is -0.119. The van der Waals surface area contributed by atoms with Crippen molar-refractivity contribution in [1.82, 2.24) is 0 Å². The van der Waals surface area contributed by atoms with Crippen molar-refractivity contribution in [3.63, 3.8) is 0 Å². The molecule has 0 bridgehead atoms. The fraction of sp³-hybridized carbons (Fsp3) is 0.658. The van der Waals surface area contributed by atoms with Gasteiger partial charge in [0.2, 0.25) is 0 Å². The highest BCUT2D eigenvalue weighted by molar-refractivity contribution is 5.69. The van der Waals surface area contributed by atoms with Gasteiger partial charge in [0.25, 0.3) is 0 Å². The summed E-state index contributed by atoms with van der Waals surface area (Å²) in [5, 5.41) is 0. The topological polar surface area (TPSA) is 35.5 Å². The number of rotatable bonds is 25. The fourth-order valence-corrected chi connectivity index (χ4v) is 5.60. The average Bonchev–Trinajstić information content (AvgIpc) is 2.98. The van der Waals surface area contributed by atoms with E-state index in [1.165, 1.54) is 88.2 Å². The lowest BCUT2D eigenvalue weighted by Gasteiger charge is -2.30. The number of aryl methyl sites for hydroxylation is 1. The average molecular weight is 581 g/mol. The Kier molecular flexibility index (Phi) is 19.0. The lowest BCUT2D eigenvalue weighted by atomic mass is 10.0. The zero-order valence-corrected chi connectivity index (χ0v) is 27.6. The van der Waals surface area contributed by atoms with Crippen LogP contribution in [0.4, 0.5) is 0 Å². The highest BCUT2D eigenvalue weighted by Gasteiger charge is 2.17. The minimum Gasteiger partial charge on any atom is -0.487 e. The summed E-state index contributed by atoms with van der Waals surface area (Å²) in [6, 6.07) is 19.1. The van der Waals surface area contributed by atoms with E-state index in [-0.39, 0.29) is 12.1 Å². The molecule has 0 aromatic heterocycles. The van der Waals surface area contributed by atoms with Crippen LogP contribution in [0.3, 0.4) is 0 Å². The number of carbonyl (C=O) groups excluding carboxylic acids is 1. The van der Waals surface area contributed by atoms with Crippen LogP contribution in [0.5, 0.6) is 5.75 Å². The molecule has 0 aliphatic carbocycles. The van der Waals surface area contributed by atoms with E-state index in [9.17, 15) is 4.79 Å². The molecule has 42 heavy (non-hydrogen) atoms. The molecule has 236 valence electrons. The van der Waals surface area contributed by atoms with Crippen LogP contribution in [0.2, 0.25) is 0 Å². The molecule has 4 nitrogen and oxygen atoms in total. The Hall–Kier alpha value is -2.33. The number of unbranched alkanes of at least 4 members (excludes halogenated alkanes) is 12. The number of nitrogens with zero attached hydrogens (tertiary/aromatic N) is 1. The Bertz CT molecular complexity index is 942. The van der Waals surface area contributed by atoms with Crippen molar-refractivity contribution in [3.8, 4) is 5.75 Å². The summed E-state index contributed by atoms with van der Waals surface area (Å²) in [6.07, 6.45) is 20.6. The van der Waals surface area contributed by atoms with Crippen LogP contribution in [0, 0.1) is 0 Å². The van der Waals surface area contributed by atoms with Crippen molar-refractivity contribution in [1.29, 1.82) is 0 Å². The normalized spacial score (nSPS) is 12.3. The molecule has 0 amide bonds. The van der Waals surface area contributed by atoms with Crippen molar-refractivity contribution in [3.05, 3.63) is 65.7 Å². The van der Waals surface area contributed by atoms with Gasteiger partial charge >= 0.3 is 5.97 Å². The van der Waals surface area contributed by atoms with Crippen molar-refractivity contribution >= 4 is 5.97 Å². The number of hydrogen-bond donors (Lipinski definition) is 0. The van der Waals surface area contributed by atoms with E-state index in [2.05, 4.69) is 76.5 Å². The van der Waals surface area contributed by atoms with Crippen molar-refractivity contribution in [2.24, 2.45) is 0 Å². The molecule has 0 saturated carbocycles. The first kappa shape index (κ1) is 35.9. The monoisotopic (exact) mass is 580 g/mol. The Balaban J connectivity index is 1.56. The van der Waals surface area contributed by atoms with Crippen LogP contribution in [-0.4, -0.2) is 43.8 Å². The Morgan fingerprint density at radius 3 is 1.98 bits per heavy atom. The Morgan fingerprint density at radius 1 is 0.714 bits per heavy atom. The number of benzene rings is 2. The second-order valence-corrected chi connectivity index (χ2v) is 12.9. The molecule has 4 heteroatoms. The van der Waals surface area contributed by atoms with Gasteiger partial charge in [0.05, 0.1) is 20.6 Å². The molecule has 0 aliphatic heterocycles. The quantitative estimate of drug-likeness (QED) is 0.0666. The molecule has 0 N–H and O–H groups in total. The van der Waals surface area contributed by atoms with E-state index >= 15 is 0 Å². The largest absolute Gasteiger partial charge is 0.487 e. The highest BCUT2D eigenvalue weighted by Crippen LogP contribution is 2.19. The number of esters is 1. The van der Waals surface area contributed by atoms with Crippen LogP contribution < -0.4 is 4.74 Å². The first-order valence-corrected chi connectivity index (χ1v) is 17.2. The van der Waals surface area contributed by atoms with E-state index in [0.29, 0.717) is 13.0 Å². The second kappa shape index (κ2) is 22.2. The van der Waals surface area contributed by atoms with Gasteiger partial charge in [-0.3, -0.25) is 4.79 Å². The molecule has 2 aromatic rings. The van der Waals surface area contributed by atoms with Gasteiger partial charge in [-0.25, -0.2) is 0 Å². The van der Waals surface area contributed by atoms with E-state index in [4.69, 9.17) is 9.47 Å². The van der Waals surface area contributed by atoms with Crippen LogP contribution >= 0.6 is 0 Å². The molecule has 0 spiro atoms. The fourth-order valence-electron chi connectivity index (χ4n) is 5.60. The maximum absolute atomic E-state index is 12.4. The summed E-state index contributed by atoms with van der Waals surface area (Å²) >= 11 is 0. The summed E-state index contributed by atoms with van der Waals surface area (Å²) in [7, 11) is 4.50. The van der Waals surface area contributed by atoms with Gasteiger partial charge in [0.15, 0.2) is 0 Å². The number of hydrogen-bond acceptors (Lipinski definition) is 3. The summed E-state index contributed by atoms with van der Waals surface area (Å²) in [4.78, 5) is 12.4. The van der Waals surface area contributed by atoms with Gasteiger partial charge < -0.3 is 14.0 Å². The predicted octanol–water partition coefficient (Wildman–Crippen LogP) is 10.1. The molecular formula is C38H62NO3+. The molecule has 0 aliphatic rings. The molecule has 1 unspecified atom stereocenters. The van der Waals surface area contributed by atoms with Gasteiger partial charge in [-0.15, -0.1) is 0 Å². The van der Waals surface area contributed by atoms with E-state index in [1.54, 1.807) is 0 Å². The summed E-state index contributed by atoms with van der Waals surface area (Å²) < 4.78 is 12.7. The Morgan fingerprint density at radius 2 is 1.33 bits per heavy atom. The molecule has 2 rings (SSSR count). The zero-order chi connectivity index (χ0) is 30.3. The number of quaternary nitrogens is 1. The van der Waals surface area contributed by atoms with Crippen LogP contribution in [-0.2, 0) is 22.5 Å². The molecule has 0 saturated heterocycles. The van der Waals surface area contributed by atoms with Gasteiger partial charge in [0.1, 0.15) is 25.0 Å². The maximum Gasteiger partial charge on any atom is 0.305 e. The smallest absolute Gasteiger partial charge is 0.305 e. The van der Waals surface area contributed by atoms with Gasteiger partial charge in [-0.2, -0.15) is 0 Å². The third-order valence-electron chi connectivity index (χ3n) is 8.25. The molecule has 1 atom stereocenters. The van der Waals surface area contributed by atoms with Crippen molar-refractivity contribution in [2.75, 3.05) is 27.2 Å². The number of ether oxygens (including phenoxy) is 2. The maximum atomic E-state index is 12.4. The van der Waals surface area contributed by atoms with Crippen LogP contribution in [0.1, 0.15) is 128 Å². The highest BCUT2D eigenvalue weighted by atomic mass is 16.6. The standard InChI is InChI=1S/C38H62NO3/c1-5-7-8-9-10-11-12-13-14-15-16-18-24-34-27-23-28-37(31-34)42-36(6-2)33-41-38(40)29-21-22-30-39(3,4)32-35-25-19-17-20-26-35/h17,19-20,23,25-28,31,36H,5-16,18,21-22,24,29-30,32-33H2,1-4H3/q+1. The van der Waals surface area contributed by atoms with Gasteiger partial charge in [-0.1, -0.05) is 127 Å². The third-order valence-corrected chi connectivity index (χ3v) is 8.25. The lowest BCUT2D eigenvalue weighted by molar-refractivity contribution is -0.903. The van der Waals surface area contributed by atoms with Crippen molar-refractivity contribution < 1.29 is 18.8 Å². The molecular weight excluding hydrogens is 518 g/mol. The van der Waals surface area contributed by atoms with E-state index in [0.717, 1.165) is 49.0 Å². The minimum absolute atomic E-state index is 0.114. The van der Waals surface area contributed by atoms with E-state index < -0.39 is 0 Å². The van der Waals surface area contributed by atoms with Crippen LogP contribution in [0.15, 0.2) is 54.6 Å². The Labute approximate surface area is 258 Å². The third kappa shape index (κ3) is 17.6. The first-order chi connectivity index (χ1) is 20.4.